The first kappa shape index (κ1) is 21.0. The Morgan fingerprint density at radius 3 is 2.48 bits per heavy atom. The van der Waals surface area contributed by atoms with E-state index in [1.54, 1.807) is 12.4 Å². The van der Waals surface area contributed by atoms with E-state index in [0.717, 1.165) is 24.0 Å². The fraction of sp³-hybridized carbons (Fsp3) is 0.333. The van der Waals surface area contributed by atoms with Crippen LogP contribution in [0.25, 0.3) is 0 Å². The van der Waals surface area contributed by atoms with Gasteiger partial charge in [-0.1, -0.05) is 18.2 Å². The van der Waals surface area contributed by atoms with Gasteiger partial charge in [0.25, 0.3) is 0 Å². The molecule has 7 heteroatoms. The smallest absolute Gasteiger partial charge is 0.191 e. The summed E-state index contributed by atoms with van der Waals surface area (Å²) in [4.78, 5) is 8.47. The predicted octanol–water partition coefficient (Wildman–Crippen LogP) is 2.71. The van der Waals surface area contributed by atoms with Gasteiger partial charge in [0, 0.05) is 12.7 Å². The first-order valence-electron chi connectivity index (χ1n) is 8.11. The Balaban J connectivity index is 0.00000312. The van der Waals surface area contributed by atoms with E-state index in [2.05, 4.69) is 20.6 Å². The highest BCUT2D eigenvalue weighted by Crippen LogP contribution is 2.07. The molecule has 0 aliphatic carbocycles. The van der Waals surface area contributed by atoms with Gasteiger partial charge < -0.3 is 20.1 Å². The lowest BCUT2D eigenvalue weighted by Crippen LogP contribution is -2.39. The van der Waals surface area contributed by atoms with Gasteiger partial charge in [0.2, 0.25) is 0 Å². The normalized spacial score (nSPS) is 10.5. The van der Waals surface area contributed by atoms with Gasteiger partial charge >= 0.3 is 0 Å². The van der Waals surface area contributed by atoms with Crippen LogP contribution in [0.15, 0.2) is 59.9 Å². The maximum Gasteiger partial charge on any atom is 0.191 e. The van der Waals surface area contributed by atoms with Crippen LogP contribution in [0, 0.1) is 0 Å². The van der Waals surface area contributed by atoms with Gasteiger partial charge in [0.1, 0.15) is 24.7 Å². The number of para-hydroxylation sites is 1. The van der Waals surface area contributed by atoms with Crippen molar-refractivity contribution in [2.75, 3.05) is 32.8 Å². The summed E-state index contributed by atoms with van der Waals surface area (Å²) in [6.07, 6.45) is 3.41. The number of halogens is 1. The number of pyridine rings is 1. The van der Waals surface area contributed by atoms with Crippen LogP contribution in [0.2, 0.25) is 0 Å². The minimum atomic E-state index is 0. The summed E-state index contributed by atoms with van der Waals surface area (Å²) >= 11 is 0. The molecule has 0 saturated carbocycles. The zero-order valence-corrected chi connectivity index (χ0v) is 16.7. The molecule has 2 N–H and O–H groups in total. The van der Waals surface area contributed by atoms with Gasteiger partial charge in [-0.2, -0.15) is 0 Å². The zero-order chi connectivity index (χ0) is 16.9. The molecular formula is C18H25IN4O2. The molecule has 136 valence electrons. The van der Waals surface area contributed by atoms with Gasteiger partial charge in [-0.3, -0.25) is 4.98 Å². The maximum absolute atomic E-state index is 5.64. The second-order valence-electron chi connectivity index (χ2n) is 4.89. The molecule has 0 bridgehead atoms. The highest BCUT2D eigenvalue weighted by molar-refractivity contribution is 14.0. The van der Waals surface area contributed by atoms with Crippen molar-refractivity contribution in [3.05, 3.63) is 54.9 Å². The first-order chi connectivity index (χ1) is 11.9. The summed E-state index contributed by atoms with van der Waals surface area (Å²) in [6.45, 7) is 5.13. The molecule has 0 unspecified atom stereocenters. The van der Waals surface area contributed by atoms with Crippen molar-refractivity contribution in [1.29, 1.82) is 0 Å². The third kappa shape index (κ3) is 9.13. The molecule has 0 atom stereocenters. The van der Waals surface area contributed by atoms with E-state index >= 15 is 0 Å². The molecule has 0 radical (unpaired) electrons. The van der Waals surface area contributed by atoms with Crippen molar-refractivity contribution >= 4 is 29.9 Å². The minimum Gasteiger partial charge on any atom is -0.492 e. The molecule has 0 saturated heterocycles. The minimum absolute atomic E-state index is 0. The Morgan fingerprint density at radius 1 is 1.00 bits per heavy atom. The lowest BCUT2D eigenvalue weighted by atomic mass is 10.3. The molecule has 0 aliphatic rings. The maximum atomic E-state index is 5.64. The number of benzene rings is 1. The fourth-order valence-electron chi connectivity index (χ4n) is 1.95. The third-order valence-corrected chi connectivity index (χ3v) is 3.01. The average Bonchev–Trinajstić information content (AvgIpc) is 2.64. The van der Waals surface area contributed by atoms with Crippen molar-refractivity contribution in [3.63, 3.8) is 0 Å². The van der Waals surface area contributed by atoms with Crippen LogP contribution in [-0.2, 0) is 0 Å². The highest BCUT2D eigenvalue weighted by Gasteiger charge is 1.98. The van der Waals surface area contributed by atoms with Gasteiger partial charge in [0.05, 0.1) is 19.3 Å². The molecule has 6 nitrogen and oxygen atoms in total. The summed E-state index contributed by atoms with van der Waals surface area (Å²) in [5.41, 5.74) is 0. The van der Waals surface area contributed by atoms with Crippen molar-refractivity contribution in [3.8, 4) is 11.5 Å². The van der Waals surface area contributed by atoms with E-state index < -0.39 is 0 Å². The van der Waals surface area contributed by atoms with E-state index in [1.807, 2.05) is 49.4 Å². The molecule has 1 heterocycles. The quantitative estimate of drug-likeness (QED) is 0.263. The van der Waals surface area contributed by atoms with Crippen molar-refractivity contribution in [2.24, 2.45) is 4.99 Å². The lowest BCUT2D eigenvalue weighted by Gasteiger charge is -2.12. The number of aliphatic imine (C=N–C) groups is 1. The Kier molecular flexibility index (Phi) is 11.2. The van der Waals surface area contributed by atoms with Gasteiger partial charge in [-0.25, -0.2) is 4.99 Å². The SMILES string of the molecule is CCNC(=NCCOc1cccnc1)NCCOc1ccccc1.I. The fourth-order valence-corrected chi connectivity index (χ4v) is 1.95. The summed E-state index contributed by atoms with van der Waals surface area (Å²) in [5.74, 6) is 2.37. The topological polar surface area (TPSA) is 67.8 Å². The van der Waals surface area contributed by atoms with Crippen LogP contribution < -0.4 is 20.1 Å². The van der Waals surface area contributed by atoms with E-state index in [0.29, 0.717) is 26.3 Å². The summed E-state index contributed by atoms with van der Waals surface area (Å²) in [5, 5.41) is 6.43. The standard InChI is InChI=1S/C18H24N4O2.HI/c1-2-20-18(21-11-13-23-16-7-4-3-5-8-16)22-12-14-24-17-9-6-10-19-15-17;/h3-10,15H,2,11-14H2,1H3,(H2,20,21,22);1H. The second kappa shape index (κ2) is 13.3. The molecule has 0 spiro atoms. The number of nitrogens with zero attached hydrogens (tertiary/aromatic N) is 2. The average molecular weight is 456 g/mol. The third-order valence-electron chi connectivity index (χ3n) is 3.01. The largest absolute Gasteiger partial charge is 0.492 e. The number of hydrogen-bond acceptors (Lipinski definition) is 4. The van der Waals surface area contributed by atoms with E-state index in [4.69, 9.17) is 9.47 Å². The van der Waals surface area contributed by atoms with E-state index in [9.17, 15) is 0 Å². The van der Waals surface area contributed by atoms with E-state index in [1.165, 1.54) is 0 Å². The predicted molar refractivity (Wildman–Crippen MR) is 111 cm³/mol. The summed E-state index contributed by atoms with van der Waals surface area (Å²) in [7, 11) is 0. The lowest BCUT2D eigenvalue weighted by molar-refractivity contribution is 0.320. The number of guanidine groups is 1. The van der Waals surface area contributed by atoms with Gasteiger partial charge in [0.15, 0.2) is 5.96 Å². The number of aromatic nitrogens is 1. The van der Waals surface area contributed by atoms with Crippen LogP contribution in [0.3, 0.4) is 0 Å². The second-order valence-corrected chi connectivity index (χ2v) is 4.89. The van der Waals surface area contributed by atoms with Crippen LogP contribution in [0.4, 0.5) is 0 Å². The highest BCUT2D eigenvalue weighted by atomic mass is 127. The number of ether oxygens (including phenoxy) is 2. The molecule has 2 aromatic rings. The zero-order valence-electron chi connectivity index (χ0n) is 14.4. The van der Waals surface area contributed by atoms with Crippen LogP contribution in [0.1, 0.15) is 6.92 Å². The Hall–Kier alpha value is -2.03. The Morgan fingerprint density at radius 2 is 1.76 bits per heavy atom. The van der Waals surface area contributed by atoms with Crippen LogP contribution in [0.5, 0.6) is 11.5 Å². The molecule has 0 aliphatic heterocycles. The number of nitrogens with one attached hydrogen (secondary N) is 2. The van der Waals surface area contributed by atoms with Crippen LogP contribution in [-0.4, -0.2) is 43.8 Å². The van der Waals surface area contributed by atoms with Crippen molar-refractivity contribution < 1.29 is 9.47 Å². The number of hydrogen-bond donors (Lipinski definition) is 2. The van der Waals surface area contributed by atoms with E-state index in [-0.39, 0.29) is 24.0 Å². The molecule has 0 amide bonds. The van der Waals surface area contributed by atoms with Gasteiger partial charge in [-0.05, 0) is 31.2 Å². The molecular weight excluding hydrogens is 431 g/mol. The number of rotatable bonds is 9. The van der Waals surface area contributed by atoms with Crippen LogP contribution >= 0.6 is 24.0 Å². The first-order valence-corrected chi connectivity index (χ1v) is 8.11. The summed E-state index contributed by atoms with van der Waals surface area (Å²) in [6, 6.07) is 13.5. The molecule has 25 heavy (non-hydrogen) atoms. The Labute approximate surface area is 166 Å². The van der Waals surface area contributed by atoms with Gasteiger partial charge in [-0.15, -0.1) is 24.0 Å². The molecule has 0 fully saturated rings. The van der Waals surface area contributed by atoms with Crippen molar-refractivity contribution in [1.82, 2.24) is 15.6 Å². The molecule has 1 aromatic carbocycles. The molecule has 2 rings (SSSR count). The summed E-state index contributed by atoms with van der Waals surface area (Å²) < 4.78 is 11.2. The Bertz CT molecular complexity index is 597. The van der Waals surface area contributed by atoms with Crippen molar-refractivity contribution in [2.45, 2.75) is 6.92 Å². The molecule has 1 aromatic heterocycles. The monoisotopic (exact) mass is 456 g/mol.